The van der Waals surface area contributed by atoms with Crippen LogP contribution in [-0.2, 0) is 0 Å². The van der Waals surface area contributed by atoms with Crippen LogP contribution in [0, 0.1) is 6.92 Å². The fraction of sp³-hybridized carbons (Fsp3) is 0.0556. The Labute approximate surface area is 125 Å². The molecule has 102 valence electrons. The second kappa shape index (κ2) is 4.57. The van der Waals surface area contributed by atoms with Crippen molar-refractivity contribution in [3.63, 3.8) is 0 Å². The lowest BCUT2D eigenvalue weighted by atomic mass is 10.1. The minimum absolute atomic E-state index is 0.00686. The largest absolute Gasteiger partial charge is 0.455 e. The average Bonchev–Trinajstić information content (AvgIpc) is 2.92. The Hall–Kier alpha value is -2.39. The lowest BCUT2D eigenvalue weighted by Crippen LogP contribution is -2.00. The third-order valence-corrected chi connectivity index (χ3v) is 4.68. The number of hydrogen-bond donors (Lipinski definition) is 0. The van der Waals surface area contributed by atoms with Crippen molar-refractivity contribution in [1.29, 1.82) is 0 Å². The molecule has 0 saturated heterocycles. The fourth-order valence-corrected chi connectivity index (χ4v) is 3.51. The number of rotatable bonds is 1. The van der Waals surface area contributed by atoms with E-state index in [0.717, 1.165) is 10.4 Å². The normalized spacial score (nSPS) is 11.3. The number of aryl methyl sites for hydroxylation is 1. The molecule has 0 aliphatic heterocycles. The molecule has 0 spiro atoms. The molecule has 0 N–H and O–H groups in total. The summed E-state index contributed by atoms with van der Waals surface area (Å²) < 4.78 is 7.12. The standard InChI is InChI=1S/C18H12O2S/c1-11-6-7-15-13(8-11)14(19)10-16(20-15)18-9-12-4-2-3-5-17(12)21-18/h2-10H,1H3. The van der Waals surface area contributed by atoms with Crippen LogP contribution in [0.4, 0.5) is 0 Å². The Morgan fingerprint density at radius 2 is 1.86 bits per heavy atom. The molecule has 0 amide bonds. The minimum Gasteiger partial charge on any atom is -0.455 e. The Balaban J connectivity index is 1.98. The van der Waals surface area contributed by atoms with Gasteiger partial charge in [-0.05, 0) is 36.6 Å². The maximum absolute atomic E-state index is 12.3. The molecule has 2 heterocycles. The summed E-state index contributed by atoms with van der Waals surface area (Å²) in [6.45, 7) is 1.97. The number of benzene rings is 2. The molecule has 0 radical (unpaired) electrons. The SMILES string of the molecule is Cc1ccc2oc(-c3cc4ccccc4s3)cc(=O)c2c1. The van der Waals surface area contributed by atoms with E-state index in [1.807, 2.05) is 37.3 Å². The van der Waals surface area contributed by atoms with E-state index in [1.54, 1.807) is 17.4 Å². The second-order valence-electron chi connectivity index (χ2n) is 5.12. The molecular weight excluding hydrogens is 280 g/mol. The van der Waals surface area contributed by atoms with E-state index >= 15 is 0 Å². The summed E-state index contributed by atoms with van der Waals surface area (Å²) in [6, 6.07) is 17.5. The molecule has 2 aromatic carbocycles. The zero-order valence-electron chi connectivity index (χ0n) is 11.4. The molecule has 4 aromatic rings. The van der Waals surface area contributed by atoms with E-state index in [0.29, 0.717) is 16.7 Å². The van der Waals surface area contributed by atoms with Gasteiger partial charge in [-0.3, -0.25) is 4.79 Å². The molecular formula is C18H12O2S. The molecule has 2 nitrogen and oxygen atoms in total. The Bertz CT molecular complexity index is 991. The quantitative estimate of drug-likeness (QED) is 0.495. The zero-order chi connectivity index (χ0) is 14.4. The highest BCUT2D eigenvalue weighted by Gasteiger charge is 2.10. The second-order valence-corrected chi connectivity index (χ2v) is 6.21. The van der Waals surface area contributed by atoms with Crippen LogP contribution in [0.15, 0.2) is 63.8 Å². The number of fused-ring (bicyclic) bond motifs is 2. The first kappa shape index (κ1) is 12.4. The van der Waals surface area contributed by atoms with E-state index in [9.17, 15) is 4.79 Å². The van der Waals surface area contributed by atoms with Gasteiger partial charge in [-0.25, -0.2) is 0 Å². The highest BCUT2D eigenvalue weighted by atomic mass is 32.1. The lowest BCUT2D eigenvalue weighted by molar-refractivity contribution is 0.620. The summed E-state index contributed by atoms with van der Waals surface area (Å²) >= 11 is 1.64. The molecule has 3 heteroatoms. The first-order valence-electron chi connectivity index (χ1n) is 6.74. The summed E-state index contributed by atoms with van der Waals surface area (Å²) in [5.74, 6) is 0.637. The van der Waals surface area contributed by atoms with Crippen LogP contribution in [-0.4, -0.2) is 0 Å². The topological polar surface area (TPSA) is 30.2 Å². The predicted molar refractivity (Wildman–Crippen MR) is 88.0 cm³/mol. The van der Waals surface area contributed by atoms with Gasteiger partial charge in [-0.2, -0.15) is 0 Å². The third kappa shape index (κ3) is 2.06. The Morgan fingerprint density at radius 3 is 2.71 bits per heavy atom. The molecule has 0 saturated carbocycles. The van der Waals surface area contributed by atoms with Gasteiger partial charge >= 0.3 is 0 Å². The summed E-state index contributed by atoms with van der Waals surface area (Å²) in [6.07, 6.45) is 0. The first-order valence-corrected chi connectivity index (χ1v) is 7.56. The van der Waals surface area contributed by atoms with Crippen molar-refractivity contribution in [2.75, 3.05) is 0 Å². The third-order valence-electron chi connectivity index (χ3n) is 3.55. The van der Waals surface area contributed by atoms with Gasteiger partial charge in [-0.15, -0.1) is 11.3 Å². The van der Waals surface area contributed by atoms with Crippen molar-refractivity contribution < 1.29 is 4.42 Å². The van der Waals surface area contributed by atoms with Crippen LogP contribution >= 0.6 is 11.3 Å². The Kier molecular flexibility index (Phi) is 2.69. The minimum atomic E-state index is 0.00686. The molecule has 0 aliphatic rings. The molecule has 0 aliphatic carbocycles. The molecule has 0 bridgehead atoms. The van der Waals surface area contributed by atoms with Gasteiger partial charge in [0, 0.05) is 10.8 Å². The van der Waals surface area contributed by atoms with Crippen LogP contribution in [0.3, 0.4) is 0 Å². The molecule has 0 atom stereocenters. The van der Waals surface area contributed by atoms with Crippen molar-refractivity contribution in [2.45, 2.75) is 6.92 Å². The van der Waals surface area contributed by atoms with Crippen molar-refractivity contribution in [2.24, 2.45) is 0 Å². The number of thiophene rings is 1. The number of hydrogen-bond acceptors (Lipinski definition) is 3. The van der Waals surface area contributed by atoms with Gasteiger partial charge in [0.15, 0.2) is 5.43 Å². The highest BCUT2D eigenvalue weighted by Crippen LogP contribution is 2.33. The highest BCUT2D eigenvalue weighted by molar-refractivity contribution is 7.22. The van der Waals surface area contributed by atoms with Crippen molar-refractivity contribution >= 4 is 32.4 Å². The molecule has 21 heavy (non-hydrogen) atoms. The maximum atomic E-state index is 12.3. The van der Waals surface area contributed by atoms with Crippen molar-refractivity contribution in [1.82, 2.24) is 0 Å². The summed E-state index contributed by atoms with van der Waals surface area (Å²) in [4.78, 5) is 13.3. The van der Waals surface area contributed by atoms with Gasteiger partial charge in [0.2, 0.25) is 0 Å². The summed E-state index contributed by atoms with van der Waals surface area (Å²) in [7, 11) is 0. The van der Waals surface area contributed by atoms with Gasteiger partial charge < -0.3 is 4.42 Å². The maximum Gasteiger partial charge on any atom is 0.193 e. The molecule has 0 fully saturated rings. The zero-order valence-corrected chi connectivity index (χ0v) is 12.2. The van der Waals surface area contributed by atoms with Gasteiger partial charge in [0.25, 0.3) is 0 Å². The van der Waals surface area contributed by atoms with E-state index in [2.05, 4.69) is 18.2 Å². The van der Waals surface area contributed by atoms with Crippen LogP contribution in [0.25, 0.3) is 31.7 Å². The fourth-order valence-electron chi connectivity index (χ4n) is 2.49. The van der Waals surface area contributed by atoms with Gasteiger partial charge in [0.05, 0.1) is 10.3 Å². The van der Waals surface area contributed by atoms with Crippen LogP contribution in [0.5, 0.6) is 0 Å². The van der Waals surface area contributed by atoms with E-state index in [-0.39, 0.29) is 5.43 Å². The van der Waals surface area contributed by atoms with E-state index < -0.39 is 0 Å². The molecule has 2 aromatic heterocycles. The van der Waals surface area contributed by atoms with E-state index in [1.165, 1.54) is 10.1 Å². The lowest BCUT2D eigenvalue weighted by Gasteiger charge is -2.01. The smallest absolute Gasteiger partial charge is 0.193 e. The summed E-state index contributed by atoms with van der Waals surface area (Å²) in [5, 5.41) is 1.81. The molecule has 4 rings (SSSR count). The van der Waals surface area contributed by atoms with Crippen molar-refractivity contribution in [3.8, 4) is 10.6 Å². The van der Waals surface area contributed by atoms with Crippen molar-refractivity contribution in [3.05, 3.63) is 70.4 Å². The predicted octanol–water partition coefficient (Wildman–Crippen LogP) is 4.98. The van der Waals surface area contributed by atoms with E-state index in [4.69, 9.17) is 4.42 Å². The van der Waals surface area contributed by atoms with Gasteiger partial charge in [0.1, 0.15) is 11.3 Å². The summed E-state index contributed by atoms with van der Waals surface area (Å²) in [5.41, 5.74) is 1.71. The molecule has 0 unspecified atom stereocenters. The van der Waals surface area contributed by atoms with Gasteiger partial charge in [-0.1, -0.05) is 29.8 Å². The van der Waals surface area contributed by atoms with Crippen LogP contribution in [0.2, 0.25) is 0 Å². The first-order chi connectivity index (χ1) is 10.2. The monoisotopic (exact) mass is 292 g/mol. The van der Waals surface area contributed by atoms with Crippen LogP contribution < -0.4 is 5.43 Å². The van der Waals surface area contributed by atoms with Crippen LogP contribution in [0.1, 0.15) is 5.56 Å². The average molecular weight is 292 g/mol. The Morgan fingerprint density at radius 1 is 1.00 bits per heavy atom.